The van der Waals surface area contributed by atoms with Crippen LogP contribution >= 0.6 is 38.5 Å². The first-order valence-electron chi connectivity index (χ1n) is 8.16. The van der Waals surface area contributed by atoms with Gasteiger partial charge in [-0.15, -0.1) is 0 Å². The fourth-order valence-electron chi connectivity index (χ4n) is 2.35. The van der Waals surface area contributed by atoms with Crippen LogP contribution in [0, 0.1) is 0 Å². The number of benzene rings is 1. The van der Waals surface area contributed by atoms with E-state index >= 15 is 0 Å². The van der Waals surface area contributed by atoms with E-state index in [9.17, 15) is 44.3 Å². The quantitative estimate of drug-likeness (QED) is 0.0865. The van der Waals surface area contributed by atoms with Crippen LogP contribution in [0.25, 0.3) is 0 Å². The molecule has 0 saturated carbocycles. The van der Waals surface area contributed by atoms with Crippen molar-refractivity contribution >= 4 is 44.3 Å². The van der Waals surface area contributed by atoms with Crippen molar-refractivity contribution in [3.8, 4) is 0 Å². The van der Waals surface area contributed by atoms with Gasteiger partial charge in [0.1, 0.15) is 0 Å². The molecule has 1 aromatic rings. The molecule has 0 saturated heterocycles. The maximum atomic E-state index is 13.6. The van der Waals surface area contributed by atoms with Crippen LogP contribution in [0.4, 0.5) is 39.5 Å². The number of hydrogen-bond acceptors (Lipinski definition) is 1. The van der Waals surface area contributed by atoms with Crippen molar-refractivity contribution in [1.29, 1.82) is 0 Å². The third kappa shape index (κ3) is 6.47. The van der Waals surface area contributed by atoms with Crippen LogP contribution in [0.15, 0.2) is 28.7 Å². The third-order valence-electron chi connectivity index (χ3n) is 4.02. The van der Waals surface area contributed by atoms with E-state index in [2.05, 4.69) is 15.9 Å². The van der Waals surface area contributed by atoms with Crippen LogP contribution in [0.1, 0.15) is 42.5 Å². The molecule has 1 aromatic carbocycles. The highest BCUT2D eigenvalue weighted by Crippen LogP contribution is 2.54. The lowest BCUT2D eigenvalue weighted by Crippen LogP contribution is -2.61. The van der Waals surface area contributed by atoms with E-state index in [1.54, 1.807) is 24.3 Å². The Labute approximate surface area is 182 Å². The summed E-state index contributed by atoms with van der Waals surface area (Å²) in [6, 6.07) is 6.42. The van der Waals surface area contributed by atoms with E-state index in [1.165, 1.54) is 22.6 Å². The van der Waals surface area contributed by atoms with Gasteiger partial charge in [-0.05, 0) is 25.0 Å². The lowest BCUT2D eigenvalue weighted by molar-refractivity contribution is -0.396. The Bertz CT molecular complexity index is 689. The fourth-order valence-corrected chi connectivity index (χ4v) is 3.61. The maximum Gasteiger partial charge on any atom is 0.460 e. The second-order valence-corrected chi connectivity index (χ2v) is 9.01. The van der Waals surface area contributed by atoms with E-state index in [0.29, 0.717) is 5.56 Å². The molecule has 1 rings (SSSR count). The van der Waals surface area contributed by atoms with Crippen LogP contribution in [0.3, 0.4) is 0 Å². The Morgan fingerprint density at radius 2 is 1.41 bits per heavy atom. The molecule has 0 amide bonds. The van der Waals surface area contributed by atoms with E-state index in [4.69, 9.17) is 0 Å². The predicted octanol–water partition coefficient (Wildman–Crippen LogP) is 7.85. The summed E-state index contributed by atoms with van der Waals surface area (Å²) < 4.78 is 115. The van der Waals surface area contributed by atoms with Crippen LogP contribution in [-0.4, -0.2) is 33.7 Å². The van der Waals surface area contributed by atoms with Crippen molar-refractivity contribution in [2.45, 2.75) is 60.0 Å². The molecule has 29 heavy (non-hydrogen) atoms. The number of carbonyl (C=O) groups is 1. The van der Waals surface area contributed by atoms with Crippen molar-refractivity contribution < 1.29 is 44.3 Å². The standard InChI is InChI=1S/C17H15BrF9IO/c18-11-7-5-10(6-8-11)13(29)4-2-1-3-12(28)9-14(19,20)15(21,22)16(23,24)17(25,26)27/h5-8,12H,1-4,9H2. The summed E-state index contributed by atoms with van der Waals surface area (Å²) in [5.74, 6) is -19.2. The summed E-state index contributed by atoms with van der Waals surface area (Å²) in [6.07, 6.45) is -8.43. The lowest BCUT2D eigenvalue weighted by Gasteiger charge is -2.34. The average molecular weight is 613 g/mol. The zero-order valence-electron chi connectivity index (χ0n) is 14.5. The maximum absolute atomic E-state index is 13.6. The van der Waals surface area contributed by atoms with Gasteiger partial charge in [0.05, 0.1) is 0 Å². The molecule has 1 atom stereocenters. The van der Waals surface area contributed by atoms with Gasteiger partial charge in [-0.1, -0.05) is 57.1 Å². The summed E-state index contributed by atoms with van der Waals surface area (Å²) in [6.45, 7) is 0. The summed E-state index contributed by atoms with van der Waals surface area (Å²) in [4.78, 5) is 11.9. The summed E-state index contributed by atoms with van der Waals surface area (Å²) in [7, 11) is 0. The minimum absolute atomic E-state index is 0.0453. The van der Waals surface area contributed by atoms with Crippen molar-refractivity contribution in [2.75, 3.05) is 0 Å². The van der Waals surface area contributed by atoms with Gasteiger partial charge in [0.15, 0.2) is 5.78 Å². The predicted molar refractivity (Wildman–Crippen MR) is 100 cm³/mol. The highest BCUT2D eigenvalue weighted by molar-refractivity contribution is 14.1. The zero-order chi connectivity index (χ0) is 22.7. The molecule has 0 aliphatic rings. The SMILES string of the molecule is O=C(CCCCC(I)CC(F)(F)C(F)(F)C(F)(F)C(F)(F)F)c1ccc(Br)cc1. The summed E-state index contributed by atoms with van der Waals surface area (Å²) in [5.41, 5.74) is 0.416. The van der Waals surface area contributed by atoms with Crippen LogP contribution in [0.2, 0.25) is 0 Å². The number of ketones is 1. The highest BCUT2D eigenvalue weighted by Gasteiger charge is 2.81. The zero-order valence-corrected chi connectivity index (χ0v) is 18.2. The van der Waals surface area contributed by atoms with Gasteiger partial charge in [-0.2, -0.15) is 39.5 Å². The first-order valence-corrected chi connectivity index (χ1v) is 10.2. The Kier molecular flexibility index (Phi) is 8.90. The number of rotatable bonds is 10. The van der Waals surface area contributed by atoms with Crippen molar-refractivity contribution in [2.24, 2.45) is 0 Å². The van der Waals surface area contributed by atoms with E-state index < -0.39 is 34.3 Å². The molecule has 166 valence electrons. The number of halogens is 11. The first kappa shape index (κ1) is 26.5. The minimum atomic E-state index is -6.86. The van der Waals surface area contributed by atoms with Crippen molar-refractivity contribution in [3.05, 3.63) is 34.3 Å². The molecule has 0 fully saturated rings. The normalized spacial score (nSPS) is 14.7. The summed E-state index contributed by atoms with van der Waals surface area (Å²) in [5, 5.41) is 0. The molecule has 0 radical (unpaired) electrons. The molecule has 0 aromatic heterocycles. The molecular formula is C17H15BrF9IO. The topological polar surface area (TPSA) is 17.1 Å². The lowest BCUT2D eigenvalue weighted by atomic mass is 9.97. The van der Waals surface area contributed by atoms with Crippen LogP contribution in [0.5, 0.6) is 0 Å². The summed E-state index contributed by atoms with van der Waals surface area (Å²) >= 11 is 4.50. The second kappa shape index (κ2) is 9.73. The monoisotopic (exact) mass is 612 g/mol. The van der Waals surface area contributed by atoms with Gasteiger partial charge in [-0.3, -0.25) is 4.79 Å². The number of unbranched alkanes of at least 4 members (excludes halogenated alkanes) is 1. The van der Waals surface area contributed by atoms with E-state index in [1.807, 2.05) is 0 Å². The van der Waals surface area contributed by atoms with Crippen LogP contribution in [-0.2, 0) is 0 Å². The van der Waals surface area contributed by atoms with Crippen molar-refractivity contribution in [3.63, 3.8) is 0 Å². The molecule has 0 bridgehead atoms. The Hall–Kier alpha value is -0.530. The first-order chi connectivity index (χ1) is 13.0. The number of hydrogen-bond donors (Lipinski definition) is 0. The molecule has 0 N–H and O–H groups in total. The molecule has 0 aliphatic heterocycles. The van der Waals surface area contributed by atoms with Crippen LogP contribution < -0.4 is 0 Å². The number of alkyl halides is 10. The Balaban J connectivity index is 2.57. The molecule has 0 spiro atoms. The highest BCUT2D eigenvalue weighted by atomic mass is 127. The number of Topliss-reactive ketones (excluding diaryl/α,β-unsaturated/α-hetero) is 1. The number of carbonyl (C=O) groups excluding carboxylic acids is 1. The van der Waals surface area contributed by atoms with Gasteiger partial charge in [0.2, 0.25) is 0 Å². The molecule has 0 aliphatic carbocycles. The largest absolute Gasteiger partial charge is 0.460 e. The van der Waals surface area contributed by atoms with Crippen molar-refractivity contribution in [1.82, 2.24) is 0 Å². The van der Waals surface area contributed by atoms with Gasteiger partial charge in [0, 0.05) is 26.8 Å². The van der Waals surface area contributed by atoms with Gasteiger partial charge < -0.3 is 0 Å². The Morgan fingerprint density at radius 1 is 0.897 bits per heavy atom. The van der Waals surface area contributed by atoms with Gasteiger partial charge in [0.25, 0.3) is 0 Å². The van der Waals surface area contributed by atoms with Gasteiger partial charge >= 0.3 is 23.9 Å². The van der Waals surface area contributed by atoms with E-state index in [-0.39, 0.29) is 31.5 Å². The average Bonchev–Trinajstić information content (AvgIpc) is 2.57. The minimum Gasteiger partial charge on any atom is -0.294 e. The second-order valence-electron chi connectivity index (χ2n) is 6.33. The molecule has 1 nitrogen and oxygen atoms in total. The fraction of sp³-hybridized carbons (Fsp3) is 0.588. The molecular weight excluding hydrogens is 598 g/mol. The van der Waals surface area contributed by atoms with E-state index in [0.717, 1.165) is 4.47 Å². The van der Waals surface area contributed by atoms with Gasteiger partial charge in [-0.25, -0.2) is 0 Å². The molecule has 0 heterocycles. The Morgan fingerprint density at radius 3 is 1.90 bits per heavy atom. The smallest absolute Gasteiger partial charge is 0.294 e. The third-order valence-corrected chi connectivity index (χ3v) is 5.62. The molecule has 12 heteroatoms. The molecule has 1 unspecified atom stereocenters.